The zero-order valence-corrected chi connectivity index (χ0v) is 14.5. The maximum absolute atomic E-state index is 12.1. The van der Waals surface area contributed by atoms with E-state index in [0.717, 1.165) is 11.1 Å². The lowest BCUT2D eigenvalue weighted by Crippen LogP contribution is -2.25. The molecule has 0 saturated carbocycles. The summed E-state index contributed by atoms with van der Waals surface area (Å²) in [7, 11) is 0. The Labute approximate surface area is 146 Å². The van der Waals surface area contributed by atoms with Gasteiger partial charge in [0.05, 0.1) is 11.5 Å². The lowest BCUT2D eigenvalue weighted by molar-refractivity contribution is -0.118. The number of hydrogen-bond acceptors (Lipinski definition) is 4. The van der Waals surface area contributed by atoms with Crippen LogP contribution in [0.4, 0.5) is 0 Å². The summed E-state index contributed by atoms with van der Waals surface area (Å²) in [4.78, 5) is 12.1. The molecule has 122 valence electrons. The third-order valence-electron chi connectivity index (χ3n) is 3.68. The molecule has 1 saturated heterocycles. The maximum atomic E-state index is 12.1. The van der Waals surface area contributed by atoms with Gasteiger partial charge in [-0.2, -0.15) is 5.10 Å². The van der Waals surface area contributed by atoms with Gasteiger partial charge in [-0.15, -0.1) is 5.10 Å². The van der Waals surface area contributed by atoms with Crippen LogP contribution < -0.4 is 5.32 Å². The highest BCUT2D eigenvalue weighted by Gasteiger charge is 2.30. The van der Waals surface area contributed by atoms with Crippen molar-refractivity contribution < 1.29 is 4.79 Å². The van der Waals surface area contributed by atoms with Gasteiger partial charge in [0, 0.05) is 0 Å². The first kappa shape index (κ1) is 16.5. The highest BCUT2D eigenvalue weighted by molar-refractivity contribution is 8.15. The molecule has 0 unspecified atom stereocenters. The molecular weight excluding hydrogens is 318 g/mol. The summed E-state index contributed by atoms with van der Waals surface area (Å²) >= 11 is 1.43. The van der Waals surface area contributed by atoms with Crippen molar-refractivity contribution in [2.24, 2.45) is 10.2 Å². The Hall–Kier alpha value is -2.40. The summed E-state index contributed by atoms with van der Waals surface area (Å²) in [5, 5.41) is 11.4. The SMILES string of the molecule is Cc1cccc(/C=N\N=C2/NC(=O)[C@@H](Cc3cccc(C)c3)S2)c1. The molecular formula is C19H19N3OS. The first-order valence-electron chi connectivity index (χ1n) is 7.81. The van der Waals surface area contributed by atoms with Crippen molar-refractivity contribution in [3.05, 3.63) is 70.8 Å². The number of aryl methyl sites for hydroxylation is 2. The van der Waals surface area contributed by atoms with Crippen LogP contribution in [0.3, 0.4) is 0 Å². The van der Waals surface area contributed by atoms with E-state index in [2.05, 4.69) is 34.6 Å². The minimum Gasteiger partial charge on any atom is -0.303 e. The van der Waals surface area contributed by atoms with Gasteiger partial charge in [-0.25, -0.2) is 0 Å². The van der Waals surface area contributed by atoms with Gasteiger partial charge in [0.15, 0.2) is 5.17 Å². The van der Waals surface area contributed by atoms with Crippen molar-refractivity contribution in [1.82, 2.24) is 5.32 Å². The number of hydrogen-bond donors (Lipinski definition) is 1. The van der Waals surface area contributed by atoms with Crippen LogP contribution in [0, 0.1) is 13.8 Å². The zero-order chi connectivity index (χ0) is 16.9. The van der Waals surface area contributed by atoms with E-state index in [1.807, 2.05) is 43.3 Å². The largest absolute Gasteiger partial charge is 0.303 e. The molecule has 2 aromatic rings. The molecule has 0 aromatic heterocycles. The molecule has 1 heterocycles. The second-order valence-corrected chi connectivity index (χ2v) is 7.04. The fraction of sp³-hybridized carbons (Fsp3) is 0.211. The van der Waals surface area contributed by atoms with Gasteiger partial charge in [0.2, 0.25) is 5.91 Å². The smallest absolute Gasteiger partial charge is 0.239 e. The van der Waals surface area contributed by atoms with E-state index >= 15 is 0 Å². The van der Waals surface area contributed by atoms with Crippen LogP contribution in [0.15, 0.2) is 58.7 Å². The molecule has 0 bridgehead atoms. The first-order valence-corrected chi connectivity index (χ1v) is 8.69. The molecule has 1 amide bonds. The van der Waals surface area contributed by atoms with Crippen LogP contribution in [0.25, 0.3) is 0 Å². The van der Waals surface area contributed by atoms with Crippen LogP contribution in [0.1, 0.15) is 22.3 Å². The van der Waals surface area contributed by atoms with E-state index < -0.39 is 0 Å². The molecule has 0 radical (unpaired) electrons. The van der Waals surface area contributed by atoms with Gasteiger partial charge >= 0.3 is 0 Å². The van der Waals surface area contributed by atoms with Gasteiger partial charge < -0.3 is 5.32 Å². The molecule has 1 aliphatic heterocycles. The van der Waals surface area contributed by atoms with Crippen molar-refractivity contribution in [2.45, 2.75) is 25.5 Å². The summed E-state index contributed by atoms with van der Waals surface area (Å²) in [6.07, 6.45) is 2.39. The summed E-state index contributed by atoms with van der Waals surface area (Å²) in [6, 6.07) is 16.2. The second kappa shape index (κ2) is 7.45. The van der Waals surface area contributed by atoms with Crippen LogP contribution >= 0.6 is 11.8 Å². The Morgan fingerprint density at radius 2 is 1.88 bits per heavy atom. The predicted octanol–water partition coefficient (Wildman–Crippen LogP) is 3.47. The van der Waals surface area contributed by atoms with Gasteiger partial charge in [-0.1, -0.05) is 71.4 Å². The fourth-order valence-corrected chi connectivity index (χ4v) is 3.50. The molecule has 4 nitrogen and oxygen atoms in total. The fourth-order valence-electron chi connectivity index (χ4n) is 2.54. The average Bonchev–Trinajstić information content (AvgIpc) is 2.87. The van der Waals surface area contributed by atoms with Gasteiger partial charge in [0.25, 0.3) is 0 Å². The zero-order valence-electron chi connectivity index (χ0n) is 13.7. The Balaban J connectivity index is 1.63. The maximum Gasteiger partial charge on any atom is 0.239 e. The van der Waals surface area contributed by atoms with Gasteiger partial charge in [-0.3, -0.25) is 4.79 Å². The Morgan fingerprint density at radius 1 is 1.12 bits per heavy atom. The number of benzene rings is 2. The van der Waals surface area contributed by atoms with Crippen molar-refractivity contribution in [1.29, 1.82) is 0 Å². The molecule has 1 aliphatic rings. The van der Waals surface area contributed by atoms with E-state index in [1.165, 1.54) is 22.9 Å². The van der Waals surface area contributed by atoms with Crippen molar-refractivity contribution in [3.63, 3.8) is 0 Å². The van der Waals surface area contributed by atoms with E-state index in [9.17, 15) is 4.79 Å². The van der Waals surface area contributed by atoms with Gasteiger partial charge in [0.1, 0.15) is 0 Å². The minimum absolute atomic E-state index is 0.00832. The lowest BCUT2D eigenvalue weighted by Gasteiger charge is -2.05. The van der Waals surface area contributed by atoms with Crippen molar-refractivity contribution in [3.8, 4) is 0 Å². The summed E-state index contributed by atoms with van der Waals surface area (Å²) < 4.78 is 0. The van der Waals surface area contributed by atoms with Crippen LogP contribution in [-0.4, -0.2) is 22.5 Å². The number of amides is 1. The molecule has 1 atom stereocenters. The Morgan fingerprint density at radius 3 is 2.62 bits per heavy atom. The summed E-state index contributed by atoms with van der Waals surface area (Å²) in [6.45, 7) is 4.09. The number of nitrogens with zero attached hydrogens (tertiary/aromatic N) is 2. The molecule has 0 spiro atoms. The quantitative estimate of drug-likeness (QED) is 0.686. The topological polar surface area (TPSA) is 53.8 Å². The number of thioether (sulfide) groups is 1. The van der Waals surface area contributed by atoms with Crippen LogP contribution in [0.2, 0.25) is 0 Å². The summed E-state index contributed by atoms with van der Waals surface area (Å²) in [5.74, 6) is -0.00832. The van der Waals surface area contributed by atoms with Crippen molar-refractivity contribution >= 4 is 29.1 Å². The normalized spacial score (nSPS) is 19.2. The van der Waals surface area contributed by atoms with E-state index in [1.54, 1.807) is 6.21 Å². The lowest BCUT2D eigenvalue weighted by atomic mass is 10.1. The first-order chi connectivity index (χ1) is 11.6. The Kier molecular flexibility index (Phi) is 5.11. The molecule has 24 heavy (non-hydrogen) atoms. The standard InChI is InChI=1S/C19H19N3OS/c1-13-5-3-7-15(9-13)11-17-18(23)21-19(24-17)22-20-12-16-8-4-6-14(2)10-16/h3-10,12,17H,11H2,1-2H3,(H,21,22,23)/b20-12-/t17-/m1/s1. The highest BCUT2D eigenvalue weighted by Crippen LogP contribution is 2.23. The third kappa shape index (κ3) is 4.32. The molecule has 2 aromatic carbocycles. The number of rotatable bonds is 4. The van der Waals surface area contributed by atoms with E-state index in [-0.39, 0.29) is 11.2 Å². The third-order valence-corrected chi connectivity index (χ3v) is 4.75. The number of nitrogens with one attached hydrogen (secondary N) is 1. The van der Waals surface area contributed by atoms with Crippen LogP contribution in [0.5, 0.6) is 0 Å². The van der Waals surface area contributed by atoms with E-state index in [0.29, 0.717) is 11.6 Å². The monoisotopic (exact) mass is 337 g/mol. The summed E-state index contributed by atoms with van der Waals surface area (Å²) in [5.41, 5.74) is 4.53. The van der Waals surface area contributed by atoms with E-state index in [4.69, 9.17) is 0 Å². The minimum atomic E-state index is -0.153. The molecule has 1 fully saturated rings. The number of carbonyl (C=O) groups excluding carboxylic acids is 1. The van der Waals surface area contributed by atoms with Gasteiger partial charge in [-0.05, 0) is 31.4 Å². The van der Waals surface area contributed by atoms with Crippen LogP contribution in [-0.2, 0) is 11.2 Å². The average molecular weight is 337 g/mol. The molecule has 3 rings (SSSR count). The molecule has 1 N–H and O–H groups in total. The Bertz CT molecular complexity index is 814. The second-order valence-electron chi connectivity index (χ2n) is 5.85. The van der Waals surface area contributed by atoms with Crippen molar-refractivity contribution in [2.75, 3.05) is 0 Å². The highest BCUT2D eigenvalue weighted by atomic mass is 32.2. The number of amidine groups is 1. The molecule has 5 heteroatoms. The number of carbonyl (C=O) groups is 1. The predicted molar refractivity (Wildman–Crippen MR) is 101 cm³/mol. The molecule has 0 aliphatic carbocycles.